The van der Waals surface area contributed by atoms with Gasteiger partial charge in [-0.2, -0.15) is 0 Å². The first-order valence-corrected chi connectivity index (χ1v) is 11.9. The summed E-state index contributed by atoms with van der Waals surface area (Å²) in [5.74, 6) is 1.62. The largest absolute Gasteiger partial charge is 0.497 e. The maximum atomic E-state index is 5.89. The number of methoxy groups -OCH3 is 2. The maximum Gasteiger partial charge on any atom is 0.174 e. The van der Waals surface area contributed by atoms with Crippen molar-refractivity contribution in [2.24, 2.45) is 0 Å². The number of nitrogens with one attached hydrogen (secondary N) is 1. The second-order valence-corrected chi connectivity index (χ2v) is 8.94. The molecule has 2 aromatic carbocycles. The molecule has 1 aliphatic rings. The molecule has 2 atom stereocenters. The predicted molar refractivity (Wildman–Crippen MR) is 143 cm³/mol. The lowest BCUT2D eigenvalue weighted by Gasteiger charge is -2.28. The average molecular weight is 485 g/mol. The van der Waals surface area contributed by atoms with Gasteiger partial charge in [-0.05, 0) is 86.2 Å². The van der Waals surface area contributed by atoms with Gasteiger partial charge in [0, 0.05) is 35.0 Å². The van der Waals surface area contributed by atoms with Crippen LogP contribution in [0.25, 0.3) is 5.69 Å². The van der Waals surface area contributed by atoms with Crippen molar-refractivity contribution < 1.29 is 9.47 Å². The molecule has 3 heterocycles. The van der Waals surface area contributed by atoms with Crippen molar-refractivity contribution in [2.45, 2.75) is 25.9 Å². The van der Waals surface area contributed by atoms with Crippen molar-refractivity contribution in [1.29, 1.82) is 0 Å². The Hall–Kier alpha value is -3.84. The summed E-state index contributed by atoms with van der Waals surface area (Å²) in [6.07, 6.45) is 1.83. The highest BCUT2D eigenvalue weighted by Gasteiger charge is 2.42. The number of aryl methyl sites for hydroxylation is 1. The van der Waals surface area contributed by atoms with Crippen molar-refractivity contribution in [3.05, 3.63) is 102 Å². The minimum atomic E-state index is -0.111. The standard InChI is InChI=1S/C28H28N4O2S/c1-18-16-24(19(2)31(18)20-11-13-22(33-3)14-12-20)27-26(25-10-5-6-15-29-25)30-28(35)32(27)21-8-7-9-23(17-21)34-4/h5-17,26-27H,1-4H3,(H,30,35). The van der Waals surface area contributed by atoms with E-state index >= 15 is 0 Å². The fraction of sp³-hybridized carbons (Fsp3) is 0.214. The van der Waals surface area contributed by atoms with Crippen molar-refractivity contribution >= 4 is 23.0 Å². The lowest BCUT2D eigenvalue weighted by molar-refractivity contribution is 0.414. The van der Waals surface area contributed by atoms with Gasteiger partial charge >= 0.3 is 0 Å². The highest BCUT2D eigenvalue weighted by atomic mass is 32.1. The van der Waals surface area contributed by atoms with E-state index in [4.69, 9.17) is 21.7 Å². The van der Waals surface area contributed by atoms with Crippen LogP contribution in [0.4, 0.5) is 5.69 Å². The molecule has 1 saturated heterocycles. The van der Waals surface area contributed by atoms with Crippen LogP contribution in [0, 0.1) is 13.8 Å². The Bertz CT molecular complexity index is 1350. The average Bonchev–Trinajstić information content (AvgIpc) is 3.39. The Morgan fingerprint density at radius 1 is 0.857 bits per heavy atom. The number of thiocarbonyl (C=S) groups is 1. The number of anilines is 1. The quantitative estimate of drug-likeness (QED) is 0.355. The SMILES string of the molecule is COc1ccc(-n2c(C)cc(C3C(c4ccccn4)NC(=S)N3c3cccc(OC)c3)c2C)cc1. The molecular formula is C28H28N4O2S. The zero-order valence-electron chi connectivity index (χ0n) is 20.2. The topological polar surface area (TPSA) is 51.5 Å². The van der Waals surface area contributed by atoms with Crippen molar-refractivity contribution in [1.82, 2.24) is 14.9 Å². The Morgan fingerprint density at radius 2 is 1.63 bits per heavy atom. The summed E-state index contributed by atoms with van der Waals surface area (Å²) in [7, 11) is 3.36. The smallest absolute Gasteiger partial charge is 0.174 e. The zero-order valence-corrected chi connectivity index (χ0v) is 21.0. The number of benzene rings is 2. The summed E-state index contributed by atoms with van der Waals surface area (Å²) in [5, 5.41) is 4.20. The van der Waals surface area contributed by atoms with Gasteiger partial charge in [-0.1, -0.05) is 12.1 Å². The molecule has 0 amide bonds. The first kappa shape index (κ1) is 22.9. The van der Waals surface area contributed by atoms with Gasteiger partial charge in [-0.15, -0.1) is 0 Å². The van der Waals surface area contributed by atoms with Crippen LogP contribution in [0.5, 0.6) is 11.5 Å². The van der Waals surface area contributed by atoms with E-state index < -0.39 is 0 Å². The molecule has 7 heteroatoms. The van der Waals surface area contributed by atoms with Crippen LogP contribution in [0.3, 0.4) is 0 Å². The highest BCUT2D eigenvalue weighted by molar-refractivity contribution is 7.80. The second kappa shape index (κ2) is 9.43. The molecule has 0 bridgehead atoms. The lowest BCUT2D eigenvalue weighted by atomic mass is 9.96. The Labute approximate surface area is 211 Å². The predicted octanol–water partition coefficient (Wildman–Crippen LogP) is 5.68. The molecule has 4 aromatic rings. The van der Waals surface area contributed by atoms with Gasteiger partial charge in [0.15, 0.2) is 5.11 Å². The number of hydrogen-bond acceptors (Lipinski definition) is 4. The molecule has 0 saturated carbocycles. The molecule has 0 aliphatic carbocycles. The first-order chi connectivity index (χ1) is 17.0. The lowest BCUT2D eigenvalue weighted by Crippen LogP contribution is -2.29. The summed E-state index contributed by atoms with van der Waals surface area (Å²) in [4.78, 5) is 6.85. The highest BCUT2D eigenvalue weighted by Crippen LogP contribution is 2.44. The van der Waals surface area contributed by atoms with Crippen LogP contribution in [0.2, 0.25) is 0 Å². The van der Waals surface area contributed by atoms with E-state index in [2.05, 4.69) is 57.9 Å². The summed E-state index contributed by atoms with van der Waals surface area (Å²) >= 11 is 5.89. The third-order valence-electron chi connectivity index (χ3n) is 6.55. The number of pyridine rings is 1. The Balaban J connectivity index is 1.66. The van der Waals surface area contributed by atoms with Crippen LogP contribution >= 0.6 is 12.2 Å². The fourth-order valence-corrected chi connectivity index (χ4v) is 5.27. The molecule has 5 rings (SSSR count). The number of nitrogens with zero attached hydrogens (tertiary/aromatic N) is 3. The van der Waals surface area contributed by atoms with Gasteiger partial charge < -0.3 is 24.3 Å². The summed E-state index contributed by atoms with van der Waals surface area (Å²) in [5.41, 5.74) is 6.48. The molecule has 2 aromatic heterocycles. The number of aromatic nitrogens is 2. The fourth-order valence-electron chi connectivity index (χ4n) is 4.92. The third kappa shape index (κ3) is 4.12. The second-order valence-electron chi connectivity index (χ2n) is 8.56. The normalized spacial score (nSPS) is 17.4. The first-order valence-electron chi connectivity index (χ1n) is 11.5. The van der Waals surface area contributed by atoms with Gasteiger partial charge in [0.05, 0.1) is 32.0 Å². The van der Waals surface area contributed by atoms with E-state index in [0.29, 0.717) is 5.11 Å². The van der Waals surface area contributed by atoms with E-state index in [1.54, 1.807) is 14.2 Å². The molecule has 2 unspecified atom stereocenters. The minimum absolute atomic E-state index is 0.0947. The van der Waals surface area contributed by atoms with E-state index in [9.17, 15) is 0 Å². The summed E-state index contributed by atoms with van der Waals surface area (Å²) < 4.78 is 13.1. The molecule has 1 aliphatic heterocycles. The van der Waals surface area contributed by atoms with Gasteiger partial charge in [0.25, 0.3) is 0 Å². The maximum absolute atomic E-state index is 5.89. The Morgan fingerprint density at radius 3 is 2.31 bits per heavy atom. The van der Waals surface area contributed by atoms with Gasteiger partial charge in [0.2, 0.25) is 0 Å². The van der Waals surface area contributed by atoms with Gasteiger partial charge in [-0.25, -0.2) is 0 Å². The number of hydrogen-bond donors (Lipinski definition) is 1. The van der Waals surface area contributed by atoms with Crippen LogP contribution in [-0.2, 0) is 0 Å². The van der Waals surface area contributed by atoms with E-state index in [1.165, 1.54) is 5.56 Å². The monoisotopic (exact) mass is 484 g/mol. The summed E-state index contributed by atoms with van der Waals surface area (Å²) in [6, 6.07) is 24.2. The zero-order chi connectivity index (χ0) is 24.5. The minimum Gasteiger partial charge on any atom is -0.497 e. The van der Waals surface area contributed by atoms with Crippen LogP contribution in [0.1, 0.15) is 34.7 Å². The van der Waals surface area contributed by atoms with E-state index in [1.807, 2.05) is 54.7 Å². The molecule has 178 valence electrons. The number of ether oxygens (including phenoxy) is 2. The van der Waals surface area contributed by atoms with E-state index in [-0.39, 0.29) is 12.1 Å². The molecule has 0 radical (unpaired) electrons. The molecule has 1 fully saturated rings. The third-order valence-corrected chi connectivity index (χ3v) is 6.86. The van der Waals surface area contributed by atoms with Crippen LogP contribution < -0.4 is 19.7 Å². The van der Waals surface area contributed by atoms with Crippen LogP contribution in [-0.4, -0.2) is 28.9 Å². The molecule has 0 spiro atoms. The van der Waals surface area contributed by atoms with Crippen molar-refractivity contribution in [2.75, 3.05) is 19.1 Å². The molecule has 1 N–H and O–H groups in total. The molecular weight excluding hydrogens is 456 g/mol. The Kier molecular flexibility index (Phi) is 6.17. The van der Waals surface area contributed by atoms with Crippen molar-refractivity contribution in [3.63, 3.8) is 0 Å². The van der Waals surface area contributed by atoms with E-state index in [0.717, 1.165) is 40.0 Å². The molecule has 35 heavy (non-hydrogen) atoms. The van der Waals surface area contributed by atoms with Gasteiger partial charge in [0.1, 0.15) is 11.5 Å². The summed E-state index contributed by atoms with van der Waals surface area (Å²) in [6.45, 7) is 4.29. The number of rotatable bonds is 6. The molecule has 6 nitrogen and oxygen atoms in total. The van der Waals surface area contributed by atoms with Gasteiger partial charge in [-0.3, -0.25) is 4.98 Å². The van der Waals surface area contributed by atoms with Crippen LogP contribution in [0.15, 0.2) is 79.0 Å². The van der Waals surface area contributed by atoms with Crippen molar-refractivity contribution in [3.8, 4) is 17.2 Å².